The number of esters is 1. The summed E-state index contributed by atoms with van der Waals surface area (Å²) in [5.41, 5.74) is 3.23. The van der Waals surface area contributed by atoms with E-state index in [0.717, 1.165) is 24.1 Å². The van der Waals surface area contributed by atoms with Crippen molar-refractivity contribution >= 4 is 30.5 Å². The van der Waals surface area contributed by atoms with Gasteiger partial charge in [-0.1, -0.05) is 12.1 Å². The standard InChI is InChI=1S/C23H23FN6O3.H2S/c1-4-33-22(31)16-11-25-29(12-16)23-26-19-18(14-8-9-14)28-30(20(19)21(27-23)32-3)13(2)15-6-5-7-17(24)10-15;/h5-7,10-14H,4,8-9H2,1-3H3;1H2/t13-;/m0./s1. The zero-order valence-electron chi connectivity index (χ0n) is 19.0. The van der Waals surface area contributed by atoms with E-state index < -0.39 is 5.97 Å². The summed E-state index contributed by atoms with van der Waals surface area (Å²) in [5.74, 6) is 0.112. The number of methoxy groups -OCH3 is 1. The van der Waals surface area contributed by atoms with Crippen molar-refractivity contribution in [1.82, 2.24) is 29.5 Å². The second kappa shape index (κ2) is 9.41. The highest BCUT2D eigenvalue weighted by molar-refractivity contribution is 7.59. The van der Waals surface area contributed by atoms with Crippen molar-refractivity contribution in [2.45, 2.75) is 38.6 Å². The van der Waals surface area contributed by atoms with Crippen molar-refractivity contribution in [2.75, 3.05) is 13.7 Å². The van der Waals surface area contributed by atoms with Gasteiger partial charge in [-0.25, -0.2) is 18.9 Å². The van der Waals surface area contributed by atoms with E-state index in [1.807, 2.05) is 13.0 Å². The van der Waals surface area contributed by atoms with Gasteiger partial charge in [-0.3, -0.25) is 4.68 Å². The number of hydrogen-bond acceptors (Lipinski definition) is 7. The van der Waals surface area contributed by atoms with Crippen molar-refractivity contribution in [3.05, 3.63) is 59.3 Å². The Bertz CT molecular complexity index is 1350. The predicted molar refractivity (Wildman–Crippen MR) is 128 cm³/mol. The Morgan fingerprint density at radius 3 is 2.76 bits per heavy atom. The van der Waals surface area contributed by atoms with E-state index in [1.54, 1.807) is 17.7 Å². The SMILES string of the molecule is CCOC(=O)c1cnn(-c2nc(OC)c3c(n2)c(C2CC2)nn3[C@@H](C)c2cccc(F)c2)c1.S. The van der Waals surface area contributed by atoms with Crippen LogP contribution in [0.5, 0.6) is 5.88 Å². The van der Waals surface area contributed by atoms with Crippen LogP contribution in [0.25, 0.3) is 17.0 Å². The molecule has 1 aliphatic rings. The number of ether oxygens (including phenoxy) is 2. The minimum atomic E-state index is -0.466. The molecule has 178 valence electrons. The Hall–Kier alpha value is -3.47. The van der Waals surface area contributed by atoms with Gasteiger partial charge in [0.05, 0.1) is 37.2 Å². The van der Waals surface area contributed by atoms with Crippen LogP contribution in [0.4, 0.5) is 4.39 Å². The van der Waals surface area contributed by atoms with Crippen molar-refractivity contribution in [3.8, 4) is 11.8 Å². The lowest BCUT2D eigenvalue weighted by Crippen LogP contribution is -2.11. The lowest BCUT2D eigenvalue weighted by Gasteiger charge is -2.15. The average Bonchev–Trinajstić information content (AvgIpc) is 3.40. The first-order valence-electron chi connectivity index (χ1n) is 10.8. The van der Waals surface area contributed by atoms with Crippen LogP contribution in [0.3, 0.4) is 0 Å². The Kier molecular flexibility index (Phi) is 6.56. The third kappa shape index (κ3) is 4.23. The molecule has 0 saturated heterocycles. The van der Waals surface area contributed by atoms with Crippen LogP contribution >= 0.6 is 13.5 Å². The molecule has 4 aromatic rings. The summed E-state index contributed by atoms with van der Waals surface area (Å²) in [6, 6.07) is 6.19. The number of rotatable bonds is 7. The molecule has 3 heterocycles. The van der Waals surface area contributed by atoms with Crippen LogP contribution in [-0.4, -0.2) is 49.2 Å². The fourth-order valence-corrected chi connectivity index (χ4v) is 3.84. The zero-order valence-corrected chi connectivity index (χ0v) is 20.0. The first-order chi connectivity index (χ1) is 16.0. The van der Waals surface area contributed by atoms with Crippen molar-refractivity contribution in [1.29, 1.82) is 0 Å². The molecule has 1 aromatic carbocycles. The third-order valence-electron chi connectivity index (χ3n) is 5.68. The molecule has 1 fully saturated rings. The molecule has 1 saturated carbocycles. The maximum atomic E-state index is 13.9. The minimum absolute atomic E-state index is 0. The molecule has 0 aliphatic heterocycles. The van der Waals surface area contributed by atoms with Crippen LogP contribution < -0.4 is 4.74 Å². The van der Waals surface area contributed by atoms with Crippen LogP contribution in [0.15, 0.2) is 36.7 Å². The van der Waals surface area contributed by atoms with E-state index in [0.29, 0.717) is 28.4 Å². The Morgan fingerprint density at radius 1 is 1.29 bits per heavy atom. The molecular formula is C23H25FN6O3S. The number of carbonyl (C=O) groups excluding carboxylic acids is 1. The first-order valence-corrected chi connectivity index (χ1v) is 10.8. The average molecular weight is 485 g/mol. The fourth-order valence-electron chi connectivity index (χ4n) is 3.84. The second-order valence-electron chi connectivity index (χ2n) is 7.96. The van der Waals surface area contributed by atoms with Gasteiger partial charge in [-0.05, 0) is 44.4 Å². The van der Waals surface area contributed by atoms with E-state index in [9.17, 15) is 9.18 Å². The molecule has 9 nitrogen and oxygen atoms in total. The van der Waals surface area contributed by atoms with Gasteiger partial charge in [-0.15, -0.1) is 0 Å². The molecular weight excluding hydrogens is 459 g/mol. The summed E-state index contributed by atoms with van der Waals surface area (Å²) in [6.07, 6.45) is 4.98. The molecule has 1 aliphatic carbocycles. The normalized spacial score (nSPS) is 14.0. The van der Waals surface area contributed by atoms with Gasteiger partial charge >= 0.3 is 5.97 Å². The Morgan fingerprint density at radius 2 is 2.09 bits per heavy atom. The van der Waals surface area contributed by atoms with E-state index in [2.05, 4.69) is 10.1 Å². The number of halogens is 1. The molecule has 0 bridgehead atoms. The second-order valence-corrected chi connectivity index (χ2v) is 7.96. The summed E-state index contributed by atoms with van der Waals surface area (Å²) in [4.78, 5) is 21.3. The molecule has 0 unspecified atom stereocenters. The van der Waals surface area contributed by atoms with Gasteiger partial charge < -0.3 is 9.47 Å². The van der Waals surface area contributed by atoms with Crippen LogP contribution in [-0.2, 0) is 4.74 Å². The van der Waals surface area contributed by atoms with Crippen molar-refractivity contribution in [2.24, 2.45) is 0 Å². The van der Waals surface area contributed by atoms with Crippen LogP contribution in [0.1, 0.15) is 60.3 Å². The van der Waals surface area contributed by atoms with E-state index >= 15 is 0 Å². The minimum Gasteiger partial charge on any atom is -0.479 e. The van der Waals surface area contributed by atoms with Crippen LogP contribution in [0.2, 0.25) is 0 Å². The predicted octanol–water partition coefficient (Wildman–Crippen LogP) is 3.94. The summed E-state index contributed by atoms with van der Waals surface area (Å²) in [5, 5.41) is 9.09. The highest BCUT2D eigenvalue weighted by atomic mass is 32.1. The smallest absolute Gasteiger partial charge is 0.341 e. The number of benzene rings is 1. The molecule has 0 N–H and O–H groups in total. The molecule has 0 spiro atoms. The van der Waals surface area contributed by atoms with Crippen molar-refractivity contribution < 1.29 is 18.7 Å². The molecule has 0 radical (unpaired) electrons. The summed E-state index contributed by atoms with van der Waals surface area (Å²) >= 11 is 0. The molecule has 1 atom stereocenters. The van der Waals surface area contributed by atoms with Gasteiger partial charge in [0.25, 0.3) is 5.95 Å². The number of hydrogen-bond donors (Lipinski definition) is 0. The number of carbonyl (C=O) groups is 1. The van der Waals surface area contributed by atoms with Gasteiger partial charge in [0, 0.05) is 12.1 Å². The lowest BCUT2D eigenvalue weighted by atomic mass is 10.1. The summed E-state index contributed by atoms with van der Waals surface area (Å²) in [7, 11) is 1.53. The highest BCUT2D eigenvalue weighted by Gasteiger charge is 2.33. The Labute approximate surface area is 202 Å². The number of aromatic nitrogens is 6. The van der Waals surface area contributed by atoms with E-state index in [1.165, 1.54) is 36.3 Å². The topological polar surface area (TPSA) is 96.9 Å². The number of fused-ring (bicyclic) bond motifs is 1. The molecule has 3 aromatic heterocycles. The summed E-state index contributed by atoms with van der Waals surface area (Å²) in [6.45, 7) is 3.96. The Balaban J connectivity index is 0.00000274. The summed E-state index contributed by atoms with van der Waals surface area (Å²) < 4.78 is 27.7. The monoisotopic (exact) mass is 484 g/mol. The number of nitrogens with zero attached hydrogens (tertiary/aromatic N) is 6. The molecule has 11 heteroatoms. The molecule has 34 heavy (non-hydrogen) atoms. The van der Waals surface area contributed by atoms with Crippen LogP contribution in [0, 0.1) is 5.82 Å². The highest BCUT2D eigenvalue weighted by Crippen LogP contribution is 2.44. The van der Waals surface area contributed by atoms with Gasteiger partial charge in [0.2, 0.25) is 5.88 Å². The first kappa shape index (κ1) is 23.7. The van der Waals surface area contributed by atoms with Gasteiger partial charge in [0.1, 0.15) is 16.9 Å². The maximum absolute atomic E-state index is 13.9. The fraction of sp³-hybridized carbons (Fsp3) is 0.348. The lowest BCUT2D eigenvalue weighted by molar-refractivity contribution is 0.0526. The van der Waals surface area contributed by atoms with E-state index in [4.69, 9.17) is 19.6 Å². The zero-order chi connectivity index (χ0) is 23.1. The quantitative estimate of drug-likeness (QED) is 0.367. The van der Waals surface area contributed by atoms with E-state index in [-0.39, 0.29) is 37.9 Å². The van der Waals surface area contributed by atoms with Gasteiger partial charge in [0.15, 0.2) is 0 Å². The molecule has 0 amide bonds. The van der Waals surface area contributed by atoms with Gasteiger partial charge in [-0.2, -0.15) is 28.7 Å². The van der Waals surface area contributed by atoms with Crippen molar-refractivity contribution in [3.63, 3.8) is 0 Å². The third-order valence-corrected chi connectivity index (χ3v) is 5.68. The largest absolute Gasteiger partial charge is 0.479 e. The molecule has 5 rings (SSSR count). The maximum Gasteiger partial charge on any atom is 0.341 e.